The summed E-state index contributed by atoms with van der Waals surface area (Å²) in [6, 6.07) is 6.16. The molecule has 3 N–H and O–H groups in total. The molecule has 0 bridgehead atoms. The molecule has 78 valence electrons. The number of hydrogen-bond acceptors (Lipinski definition) is 3. The van der Waals surface area contributed by atoms with Crippen molar-refractivity contribution in [2.75, 3.05) is 5.33 Å². The molecular formula is C10H13BrO3. The maximum absolute atomic E-state index is 9.66. The van der Waals surface area contributed by atoms with Gasteiger partial charge in [-0.2, -0.15) is 0 Å². The average molecular weight is 261 g/mol. The van der Waals surface area contributed by atoms with Crippen LogP contribution in [0.4, 0.5) is 0 Å². The Morgan fingerprint density at radius 1 is 1.14 bits per heavy atom. The minimum absolute atomic E-state index is 0.149. The Hall–Kier alpha value is -0.580. The first-order valence-corrected chi connectivity index (χ1v) is 5.48. The fraction of sp³-hybridized carbons (Fsp3) is 0.400. The van der Waals surface area contributed by atoms with Gasteiger partial charge in [0.25, 0.3) is 0 Å². The van der Waals surface area contributed by atoms with E-state index in [2.05, 4.69) is 15.9 Å². The molecule has 0 aliphatic heterocycles. The van der Waals surface area contributed by atoms with E-state index in [1.54, 1.807) is 12.1 Å². The molecule has 0 spiro atoms. The lowest BCUT2D eigenvalue weighted by molar-refractivity contribution is 0.0173. The molecule has 0 aromatic heterocycles. The number of halogens is 1. The van der Waals surface area contributed by atoms with Crippen LogP contribution in [0.1, 0.15) is 18.1 Å². The molecule has 1 aromatic carbocycles. The summed E-state index contributed by atoms with van der Waals surface area (Å²) >= 11 is 3.19. The van der Waals surface area contributed by atoms with Crippen LogP contribution in [0.5, 0.6) is 5.75 Å². The highest BCUT2D eigenvalue weighted by atomic mass is 79.9. The summed E-state index contributed by atoms with van der Waals surface area (Å²) in [6.45, 7) is 0. The van der Waals surface area contributed by atoms with E-state index in [0.717, 1.165) is 0 Å². The Kier molecular flexibility index (Phi) is 4.38. The molecule has 1 aromatic rings. The Balaban J connectivity index is 2.68. The summed E-state index contributed by atoms with van der Waals surface area (Å²) in [5.74, 6) is 0.149. The Morgan fingerprint density at radius 2 is 1.71 bits per heavy atom. The molecule has 14 heavy (non-hydrogen) atoms. The summed E-state index contributed by atoms with van der Waals surface area (Å²) in [7, 11) is 0. The maximum Gasteiger partial charge on any atom is 0.115 e. The van der Waals surface area contributed by atoms with Gasteiger partial charge < -0.3 is 15.3 Å². The third kappa shape index (κ3) is 2.97. The number of phenols is 1. The minimum Gasteiger partial charge on any atom is -0.508 e. The van der Waals surface area contributed by atoms with Crippen LogP contribution in [0.25, 0.3) is 0 Å². The van der Waals surface area contributed by atoms with Gasteiger partial charge in [0.05, 0.1) is 6.10 Å². The summed E-state index contributed by atoms with van der Waals surface area (Å²) in [5, 5.41) is 28.8. The average Bonchev–Trinajstić information content (AvgIpc) is 2.18. The van der Waals surface area contributed by atoms with Crippen LogP contribution in [0.2, 0.25) is 0 Å². The van der Waals surface area contributed by atoms with Crippen LogP contribution in [0.15, 0.2) is 24.3 Å². The first kappa shape index (κ1) is 11.5. The molecule has 0 aliphatic rings. The first-order valence-electron chi connectivity index (χ1n) is 4.36. The summed E-state index contributed by atoms with van der Waals surface area (Å²) in [6.07, 6.45) is -1.19. The van der Waals surface area contributed by atoms with Gasteiger partial charge >= 0.3 is 0 Å². The van der Waals surface area contributed by atoms with Crippen molar-refractivity contribution in [2.45, 2.75) is 18.6 Å². The highest BCUT2D eigenvalue weighted by Gasteiger charge is 2.17. The van der Waals surface area contributed by atoms with E-state index in [9.17, 15) is 10.2 Å². The maximum atomic E-state index is 9.66. The molecule has 0 amide bonds. The molecular weight excluding hydrogens is 248 g/mol. The highest BCUT2D eigenvalue weighted by molar-refractivity contribution is 9.09. The zero-order chi connectivity index (χ0) is 10.6. The van der Waals surface area contributed by atoms with Crippen LogP contribution in [-0.2, 0) is 0 Å². The number of rotatable bonds is 4. The van der Waals surface area contributed by atoms with E-state index in [-0.39, 0.29) is 5.75 Å². The molecule has 0 fully saturated rings. The Bertz CT molecular complexity index is 273. The third-order valence-corrected chi connectivity index (χ3v) is 2.46. The van der Waals surface area contributed by atoms with Crippen molar-refractivity contribution >= 4 is 15.9 Å². The van der Waals surface area contributed by atoms with Crippen LogP contribution in [0, 0.1) is 0 Å². The van der Waals surface area contributed by atoms with Gasteiger partial charge in [-0.1, -0.05) is 28.1 Å². The Morgan fingerprint density at radius 3 is 2.21 bits per heavy atom. The number of benzene rings is 1. The summed E-state index contributed by atoms with van der Waals surface area (Å²) < 4.78 is 0. The van der Waals surface area contributed by atoms with Crippen LogP contribution in [-0.4, -0.2) is 26.8 Å². The van der Waals surface area contributed by atoms with Gasteiger partial charge in [-0.15, -0.1) is 0 Å². The minimum atomic E-state index is -0.895. The van der Waals surface area contributed by atoms with E-state index in [4.69, 9.17) is 5.11 Å². The summed E-state index contributed by atoms with van der Waals surface area (Å²) in [4.78, 5) is 0. The monoisotopic (exact) mass is 260 g/mol. The second kappa shape index (κ2) is 5.34. The standard InChI is InChI=1S/C10H13BrO3/c11-6-5-9(13)10(14)7-1-3-8(12)4-2-7/h1-4,9-10,12-14H,5-6H2. The molecule has 2 unspecified atom stereocenters. The van der Waals surface area contributed by atoms with E-state index in [1.165, 1.54) is 12.1 Å². The predicted molar refractivity (Wildman–Crippen MR) is 57.5 cm³/mol. The molecule has 0 aliphatic carbocycles. The second-order valence-electron chi connectivity index (χ2n) is 3.08. The van der Waals surface area contributed by atoms with Crippen molar-refractivity contribution in [3.8, 4) is 5.75 Å². The number of phenolic OH excluding ortho intramolecular Hbond substituents is 1. The van der Waals surface area contributed by atoms with Crippen LogP contribution < -0.4 is 0 Å². The molecule has 4 heteroatoms. The van der Waals surface area contributed by atoms with Gasteiger partial charge in [-0.05, 0) is 24.1 Å². The van der Waals surface area contributed by atoms with Crippen molar-refractivity contribution < 1.29 is 15.3 Å². The van der Waals surface area contributed by atoms with Gasteiger partial charge in [0.15, 0.2) is 0 Å². The molecule has 1 rings (SSSR count). The van der Waals surface area contributed by atoms with Gasteiger partial charge in [0.2, 0.25) is 0 Å². The van der Waals surface area contributed by atoms with Crippen molar-refractivity contribution in [1.29, 1.82) is 0 Å². The van der Waals surface area contributed by atoms with Crippen molar-refractivity contribution in [3.63, 3.8) is 0 Å². The van der Waals surface area contributed by atoms with E-state index in [1.807, 2.05) is 0 Å². The SMILES string of the molecule is Oc1ccc(C(O)C(O)CCBr)cc1. The van der Waals surface area contributed by atoms with Crippen LogP contribution in [0.3, 0.4) is 0 Å². The number of hydrogen-bond donors (Lipinski definition) is 3. The lowest BCUT2D eigenvalue weighted by atomic mass is 10.0. The highest BCUT2D eigenvalue weighted by Crippen LogP contribution is 2.21. The topological polar surface area (TPSA) is 60.7 Å². The fourth-order valence-corrected chi connectivity index (χ4v) is 1.63. The lowest BCUT2D eigenvalue weighted by Gasteiger charge is -2.16. The van der Waals surface area contributed by atoms with Gasteiger partial charge in [0.1, 0.15) is 11.9 Å². The number of aliphatic hydroxyl groups is 2. The number of aromatic hydroxyl groups is 1. The first-order chi connectivity index (χ1) is 6.65. The van der Waals surface area contributed by atoms with Gasteiger partial charge in [-0.3, -0.25) is 0 Å². The number of alkyl halides is 1. The summed E-state index contributed by atoms with van der Waals surface area (Å²) in [5.41, 5.74) is 0.608. The third-order valence-electron chi connectivity index (χ3n) is 2.00. The molecule has 0 heterocycles. The smallest absolute Gasteiger partial charge is 0.115 e. The van der Waals surface area contributed by atoms with Crippen molar-refractivity contribution in [3.05, 3.63) is 29.8 Å². The van der Waals surface area contributed by atoms with Crippen LogP contribution >= 0.6 is 15.9 Å². The largest absolute Gasteiger partial charge is 0.508 e. The zero-order valence-corrected chi connectivity index (χ0v) is 9.18. The fourth-order valence-electron chi connectivity index (χ4n) is 1.16. The molecule has 0 radical (unpaired) electrons. The zero-order valence-electron chi connectivity index (χ0n) is 7.60. The second-order valence-corrected chi connectivity index (χ2v) is 3.87. The van der Waals surface area contributed by atoms with E-state index >= 15 is 0 Å². The van der Waals surface area contributed by atoms with Gasteiger partial charge in [-0.25, -0.2) is 0 Å². The van der Waals surface area contributed by atoms with E-state index in [0.29, 0.717) is 17.3 Å². The molecule has 0 saturated carbocycles. The molecule has 3 nitrogen and oxygen atoms in total. The lowest BCUT2D eigenvalue weighted by Crippen LogP contribution is -2.18. The predicted octanol–water partition coefficient (Wildman–Crippen LogP) is 1.57. The van der Waals surface area contributed by atoms with Gasteiger partial charge in [0, 0.05) is 5.33 Å². The molecule has 2 atom stereocenters. The quantitative estimate of drug-likeness (QED) is 0.721. The van der Waals surface area contributed by atoms with E-state index < -0.39 is 12.2 Å². The Labute approximate surface area is 91.1 Å². The molecule has 0 saturated heterocycles. The van der Waals surface area contributed by atoms with Crippen molar-refractivity contribution in [1.82, 2.24) is 0 Å². The normalized spacial score (nSPS) is 15.1. The van der Waals surface area contributed by atoms with Crippen molar-refractivity contribution in [2.24, 2.45) is 0 Å². The number of aliphatic hydroxyl groups excluding tert-OH is 2.